The molecule has 92 valence electrons. The first-order valence-corrected chi connectivity index (χ1v) is 6.46. The van der Waals surface area contributed by atoms with Gasteiger partial charge in [-0.1, -0.05) is 12.2 Å². The minimum absolute atomic E-state index is 0.778. The largest absolute Gasteiger partial charge is 0.353 e. The second-order valence-electron chi connectivity index (χ2n) is 5.18. The standard InChI is InChI=1S/C13H15N5/c1-2-4-11-8-18(7-10(11)3-1)12-13-16-15-9-17(13)6-5-14-12/h1-2,5-6,9-11H,3-4,7-8H2/t10-,11-/m0/s1. The number of aromatic nitrogens is 4. The van der Waals surface area contributed by atoms with Crippen LogP contribution in [0.1, 0.15) is 12.8 Å². The summed E-state index contributed by atoms with van der Waals surface area (Å²) in [4.78, 5) is 6.87. The maximum atomic E-state index is 4.50. The average molecular weight is 241 g/mol. The Morgan fingerprint density at radius 1 is 1.11 bits per heavy atom. The van der Waals surface area contributed by atoms with E-state index in [-0.39, 0.29) is 0 Å². The third kappa shape index (κ3) is 1.43. The minimum Gasteiger partial charge on any atom is -0.353 e. The van der Waals surface area contributed by atoms with Crippen LogP contribution in [0.2, 0.25) is 0 Å². The quantitative estimate of drug-likeness (QED) is 0.710. The Morgan fingerprint density at radius 3 is 2.67 bits per heavy atom. The molecule has 0 saturated carbocycles. The summed E-state index contributed by atoms with van der Waals surface area (Å²) in [7, 11) is 0. The van der Waals surface area contributed by atoms with Gasteiger partial charge in [0.15, 0.2) is 5.82 Å². The fourth-order valence-electron chi connectivity index (χ4n) is 3.16. The molecule has 0 N–H and O–H groups in total. The molecule has 0 unspecified atom stereocenters. The van der Waals surface area contributed by atoms with Gasteiger partial charge in [0.2, 0.25) is 5.65 Å². The molecule has 0 bridgehead atoms. The number of hydrogen-bond acceptors (Lipinski definition) is 4. The highest BCUT2D eigenvalue weighted by Gasteiger charge is 2.34. The molecule has 2 aromatic rings. The SMILES string of the molecule is C1=CC[C@H]2CN(c3nccn4cnnc34)C[C@@H]2C1. The smallest absolute Gasteiger partial charge is 0.203 e. The third-order valence-corrected chi connectivity index (χ3v) is 4.12. The summed E-state index contributed by atoms with van der Waals surface area (Å²) < 4.78 is 1.93. The first-order chi connectivity index (χ1) is 8.92. The normalized spacial score (nSPS) is 26.8. The molecular formula is C13H15N5. The highest BCUT2D eigenvalue weighted by molar-refractivity contribution is 5.63. The maximum absolute atomic E-state index is 4.50. The second-order valence-corrected chi connectivity index (χ2v) is 5.18. The summed E-state index contributed by atoms with van der Waals surface area (Å²) in [6.07, 6.45) is 12.5. The average Bonchev–Trinajstić information content (AvgIpc) is 3.04. The van der Waals surface area contributed by atoms with E-state index in [1.807, 2.05) is 16.8 Å². The number of allylic oxidation sites excluding steroid dienone is 2. The van der Waals surface area contributed by atoms with Crippen molar-refractivity contribution in [3.63, 3.8) is 0 Å². The Hall–Kier alpha value is -1.91. The van der Waals surface area contributed by atoms with Gasteiger partial charge in [0.05, 0.1) is 0 Å². The summed E-state index contributed by atoms with van der Waals surface area (Å²) in [5, 5.41) is 8.13. The van der Waals surface area contributed by atoms with Crippen LogP contribution in [0.4, 0.5) is 5.82 Å². The lowest BCUT2D eigenvalue weighted by Gasteiger charge is -2.17. The lowest BCUT2D eigenvalue weighted by molar-refractivity contribution is 0.411. The molecule has 2 atom stereocenters. The molecule has 1 saturated heterocycles. The molecule has 2 aliphatic rings. The Balaban J connectivity index is 1.70. The van der Waals surface area contributed by atoms with Crippen molar-refractivity contribution in [1.82, 2.24) is 19.6 Å². The van der Waals surface area contributed by atoms with Crippen LogP contribution in [0.3, 0.4) is 0 Å². The van der Waals surface area contributed by atoms with Gasteiger partial charge < -0.3 is 4.90 Å². The molecule has 1 fully saturated rings. The Labute approximate surface area is 105 Å². The van der Waals surface area contributed by atoms with Crippen molar-refractivity contribution in [1.29, 1.82) is 0 Å². The molecule has 18 heavy (non-hydrogen) atoms. The molecule has 5 nitrogen and oxygen atoms in total. The Kier molecular flexibility index (Phi) is 2.12. The summed E-state index contributed by atoms with van der Waals surface area (Å²) >= 11 is 0. The summed E-state index contributed by atoms with van der Waals surface area (Å²) in [5.74, 6) is 2.53. The molecule has 0 aromatic carbocycles. The number of rotatable bonds is 1. The Bertz CT molecular complexity index is 586. The highest BCUT2D eigenvalue weighted by atomic mass is 15.3. The van der Waals surface area contributed by atoms with Crippen LogP contribution in [0, 0.1) is 11.8 Å². The minimum atomic E-state index is 0.778. The number of anilines is 1. The molecular weight excluding hydrogens is 226 g/mol. The van der Waals surface area contributed by atoms with Crippen molar-refractivity contribution in [2.45, 2.75) is 12.8 Å². The van der Waals surface area contributed by atoms with E-state index in [1.165, 1.54) is 12.8 Å². The first-order valence-electron chi connectivity index (χ1n) is 6.46. The number of fused-ring (bicyclic) bond motifs is 2. The van der Waals surface area contributed by atoms with Crippen molar-refractivity contribution in [3.05, 3.63) is 30.9 Å². The summed E-state index contributed by atoms with van der Waals surface area (Å²) in [5.41, 5.74) is 0.865. The van der Waals surface area contributed by atoms with Gasteiger partial charge in [-0.3, -0.25) is 4.40 Å². The van der Waals surface area contributed by atoms with E-state index < -0.39 is 0 Å². The van der Waals surface area contributed by atoms with Gasteiger partial charge in [-0.25, -0.2) is 4.98 Å². The van der Waals surface area contributed by atoms with E-state index in [2.05, 4.69) is 32.2 Å². The lowest BCUT2D eigenvalue weighted by atomic mass is 9.86. The molecule has 1 aliphatic heterocycles. The van der Waals surface area contributed by atoms with Crippen molar-refractivity contribution in [2.75, 3.05) is 18.0 Å². The van der Waals surface area contributed by atoms with Crippen LogP contribution in [0.15, 0.2) is 30.9 Å². The first kappa shape index (κ1) is 10.1. The van der Waals surface area contributed by atoms with Gasteiger partial charge in [0.25, 0.3) is 0 Å². The monoisotopic (exact) mass is 241 g/mol. The van der Waals surface area contributed by atoms with E-state index in [4.69, 9.17) is 0 Å². The highest BCUT2D eigenvalue weighted by Crippen LogP contribution is 2.35. The van der Waals surface area contributed by atoms with Crippen LogP contribution in [-0.4, -0.2) is 32.7 Å². The second kappa shape index (κ2) is 3.80. The predicted molar refractivity (Wildman–Crippen MR) is 68.3 cm³/mol. The molecule has 5 heteroatoms. The van der Waals surface area contributed by atoms with Gasteiger partial charge in [-0.2, -0.15) is 0 Å². The van der Waals surface area contributed by atoms with Gasteiger partial charge in [-0.15, -0.1) is 10.2 Å². The van der Waals surface area contributed by atoms with Crippen LogP contribution < -0.4 is 4.90 Å². The molecule has 3 heterocycles. The Morgan fingerprint density at radius 2 is 1.89 bits per heavy atom. The molecule has 0 radical (unpaired) electrons. The molecule has 1 aliphatic carbocycles. The topological polar surface area (TPSA) is 46.3 Å². The maximum Gasteiger partial charge on any atom is 0.203 e. The van der Waals surface area contributed by atoms with Crippen molar-refractivity contribution < 1.29 is 0 Å². The van der Waals surface area contributed by atoms with Gasteiger partial charge in [0.1, 0.15) is 6.33 Å². The number of hydrogen-bond donors (Lipinski definition) is 0. The van der Waals surface area contributed by atoms with E-state index >= 15 is 0 Å². The van der Waals surface area contributed by atoms with E-state index in [0.29, 0.717) is 0 Å². The summed E-state index contributed by atoms with van der Waals surface area (Å²) in [6, 6.07) is 0. The van der Waals surface area contributed by atoms with Gasteiger partial charge in [0, 0.05) is 25.5 Å². The lowest BCUT2D eigenvalue weighted by Crippen LogP contribution is -2.21. The van der Waals surface area contributed by atoms with Crippen molar-refractivity contribution >= 4 is 11.5 Å². The van der Waals surface area contributed by atoms with E-state index in [0.717, 1.165) is 36.4 Å². The molecule has 4 rings (SSSR count). The van der Waals surface area contributed by atoms with Gasteiger partial charge >= 0.3 is 0 Å². The van der Waals surface area contributed by atoms with Crippen molar-refractivity contribution in [2.24, 2.45) is 11.8 Å². The van der Waals surface area contributed by atoms with E-state index in [9.17, 15) is 0 Å². The number of nitrogens with zero attached hydrogens (tertiary/aromatic N) is 5. The van der Waals surface area contributed by atoms with Crippen LogP contribution in [-0.2, 0) is 0 Å². The molecule has 0 spiro atoms. The summed E-state index contributed by atoms with van der Waals surface area (Å²) in [6.45, 7) is 2.18. The van der Waals surface area contributed by atoms with E-state index in [1.54, 1.807) is 6.33 Å². The zero-order chi connectivity index (χ0) is 11.9. The van der Waals surface area contributed by atoms with Crippen LogP contribution >= 0.6 is 0 Å². The zero-order valence-corrected chi connectivity index (χ0v) is 10.1. The molecule has 2 aromatic heterocycles. The fraction of sp³-hybridized carbons (Fsp3) is 0.462. The fourth-order valence-corrected chi connectivity index (χ4v) is 3.16. The zero-order valence-electron chi connectivity index (χ0n) is 10.1. The third-order valence-electron chi connectivity index (χ3n) is 4.12. The van der Waals surface area contributed by atoms with Crippen LogP contribution in [0.25, 0.3) is 5.65 Å². The van der Waals surface area contributed by atoms with Crippen molar-refractivity contribution in [3.8, 4) is 0 Å². The predicted octanol–water partition coefficient (Wildman–Crippen LogP) is 1.53. The van der Waals surface area contributed by atoms with Crippen LogP contribution in [0.5, 0.6) is 0 Å². The molecule has 0 amide bonds. The van der Waals surface area contributed by atoms with Gasteiger partial charge in [-0.05, 0) is 24.7 Å².